The van der Waals surface area contributed by atoms with E-state index in [1.807, 2.05) is 0 Å². The van der Waals surface area contributed by atoms with Gasteiger partial charge in [0.2, 0.25) is 26.7 Å². The Morgan fingerprint density at radius 3 is 0.444 bits per heavy atom. The summed E-state index contributed by atoms with van der Waals surface area (Å²) in [6.07, 6.45) is 30.5. The van der Waals surface area contributed by atoms with Gasteiger partial charge in [0.25, 0.3) is 0 Å². The molecule has 12 radical (unpaired) electrons. The molecule has 1 aliphatic carbocycles. The van der Waals surface area contributed by atoms with Gasteiger partial charge in [-0.2, -0.15) is 0 Å². The molecule has 4 heterocycles. The van der Waals surface area contributed by atoms with Crippen LogP contribution in [0.3, 0.4) is 0 Å². The van der Waals surface area contributed by atoms with Gasteiger partial charge in [-0.1, -0.05) is 0 Å². The van der Waals surface area contributed by atoms with Gasteiger partial charge >= 0.3 is 0 Å². The normalized spacial score (nSPS) is 17.9. The van der Waals surface area contributed by atoms with E-state index in [2.05, 4.69) is 252 Å². The summed E-state index contributed by atoms with van der Waals surface area (Å²) in [7, 11) is 0. The van der Waals surface area contributed by atoms with E-state index in [-0.39, 0.29) is 33.0 Å². The summed E-state index contributed by atoms with van der Waals surface area (Å²) >= 11 is 0. The third-order valence-electron chi connectivity index (χ3n) is 8.26. The molecule has 312 valence electrons. The molecule has 0 saturated heterocycles. The Hall–Kier alpha value is -1.65. The molecular formula is C44H76N8Ni2. The second-order valence-corrected chi connectivity index (χ2v) is 15.7. The molecule has 5 rings (SSSR count). The minimum atomic E-state index is 0. The summed E-state index contributed by atoms with van der Waals surface area (Å²) in [4.78, 5) is 16.7. The monoisotopic (exact) mass is 832 g/mol. The molecule has 0 aromatic heterocycles. The number of hydrogen-bond donors (Lipinski definition) is 0. The van der Waals surface area contributed by atoms with Crippen molar-refractivity contribution < 1.29 is 33.0 Å². The molecule has 1 saturated carbocycles. The van der Waals surface area contributed by atoms with Crippen LogP contribution < -0.4 is 0 Å². The van der Waals surface area contributed by atoms with Crippen LogP contribution >= 0.6 is 0 Å². The van der Waals surface area contributed by atoms with E-state index in [4.69, 9.17) is 0 Å². The SMILES string of the molecule is CC(C)N1[C]N(C(C)C)C=C1.CC(C)N1[C]N(C(C)C)C=C1.CC(C)N1[C]N(C(C)C)C=C1.CC(C)N1[C]N(C(C)C)C=C1.[CH]1[CH]CC[CH][CH]CC1.[Ni].[Ni]. The summed E-state index contributed by atoms with van der Waals surface area (Å²) < 4.78 is 0. The maximum Gasteiger partial charge on any atom is 0.208 e. The van der Waals surface area contributed by atoms with Crippen LogP contribution in [-0.4, -0.2) is 87.5 Å². The predicted octanol–water partition coefficient (Wildman–Crippen LogP) is 9.93. The van der Waals surface area contributed by atoms with Gasteiger partial charge in [-0.3, -0.25) is 0 Å². The van der Waals surface area contributed by atoms with Crippen LogP contribution in [0.1, 0.15) is 136 Å². The Morgan fingerprint density at radius 2 is 0.370 bits per heavy atom. The molecule has 4 aliphatic heterocycles. The standard InChI is InChI=1S/4C9H16N2.C8H12.2Ni/c4*1-8(2)10-5-6-11(7-10)9(3)4;1-2-4-6-8-7-5-3-1;;/h4*5-6,8-9H,1-4H3;1-2,7-8H,3-6H2;;. The Kier molecular flexibility index (Phi) is 29.8. The predicted molar refractivity (Wildman–Crippen MR) is 221 cm³/mol. The van der Waals surface area contributed by atoms with Crippen molar-refractivity contribution in [3.05, 3.63) is 102 Å². The molecule has 8 nitrogen and oxygen atoms in total. The van der Waals surface area contributed by atoms with Crippen LogP contribution in [0.15, 0.2) is 49.6 Å². The zero-order chi connectivity index (χ0) is 39.4. The van der Waals surface area contributed by atoms with E-state index in [1.165, 1.54) is 25.7 Å². The molecule has 0 atom stereocenters. The molecule has 0 spiro atoms. The van der Waals surface area contributed by atoms with Gasteiger partial charge in [-0.15, -0.1) is 0 Å². The van der Waals surface area contributed by atoms with E-state index in [9.17, 15) is 0 Å². The molecule has 0 unspecified atom stereocenters. The van der Waals surface area contributed by atoms with Crippen molar-refractivity contribution >= 4 is 0 Å². The topological polar surface area (TPSA) is 25.9 Å². The van der Waals surface area contributed by atoms with Crippen LogP contribution in [0.5, 0.6) is 0 Å². The third kappa shape index (κ3) is 22.2. The Morgan fingerprint density at radius 1 is 0.259 bits per heavy atom. The van der Waals surface area contributed by atoms with Crippen LogP contribution in [0, 0.1) is 52.4 Å². The molecular weight excluding hydrogens is 758 g/mol. The minimum absolute atomic E-state index is 0. The quantitative estimate of drug-likeness (QED) is 0.223. The van der Waals surface area contributed by atoms with Crippen molar-refractivity contribution in [2.24, 2.45) is 0 Å². The van der Waals surface area contributed by atoms with E-state index >= 15 is 0 Å². The van der Waals surface area contributed by atoms with E-state index in [0.29, 0.717) is 48.3 Å². The number of nitrogens with zero attached hydrogens (tertiary/aromatic N) is 8. The first kappa shape index (κ1) is 54.4. The van der Waals surface area contributed by atoms with E-state index in [0.717, 1.165) is 0 Å². The molecule has 54 heavy (non-hydrogen) atoms. The smallest absolute Gasteiger partial charge is 0.208 e. The first-order valence-electron chi connectivity index (χ1n) is 19.8. The van der Waals surface area contributed by atoms with Crippen molar-refractivity contribution in [3.63, 3.8) is 0 Å². The zero-order valence-electron chi connectivity index (χ0n) is 36.6. The summed E-state index contributed by atoms with van der Waals surface area (Å²) in [5.74, 6) is 0. The average molecular weight is 835 g/mol. The fraction of sp³-hybridized carbons (Fsp3) is 0.636. The Balaban J connectivity index is 0. The van der Waals surface area contributed by atoms with Gasteiger partial charge in [0, 0.05) is 131 Å². The van der Waals surface area contributed by atoms with Gasteiger partial charge in [0.1, 0.15) is 0 Å². The first-order chi connectivity index (χ1) is 24.4. The first-order valence-corrected chi connectivity index (χ1v) is 19.8. The fourth-order valence-corrected chi connectivity index (χ4v) is 4.53. The summed E-state index contributed by atoms with van der Waals surface area (Å²) in [5, 5.41) is 0. The van der Waals surface area contributed by atoms with Gasteiger partial charge < -0.3 is 39.2 Å². The maximum atomic E-state index is 3.25. The van der Waals surface area contributed by atoms with Gasteiger partial charge in [-0.25, -0.2) is 0 Å². The molecule has 0 bridgehead atoms. The van der Waals surface area contributed by atoms with Gasteiger partial charge in [0.15, 0.2) is 0 Å². The Bertz CT molecular complexity index is 792. The second kappa shape index (κ2) is 29.6. The van der Waals surface area contributed by atoms with Crippen LogP contribution in [-0.2, 0) is 33.0 Å². The van der Waals surface area contributed by atoms with E-state index < -0.39 is 0 Å². The molecule has 0 aromatic rings. The van der Waals surface area contributed by atoms with Crippen molar-refractivity contribution in [3.8, 4) is 0 Å². The minimum Gasteiger partial charge on any atom is -0.344 e. The average Bonchev–Trinajstić information content (AvgIpc) is 3.88. The molecule has 0 aromatic carbocycles. The van der Waals surface area contributed by atoms with Crippen molar-refractivity contribution in [1.82, 2.24) is 39.2 Å². The fourth-order valence-electron chi connectivity index (χ4n) is 4.53. The van der Waals surface area contributed by atoms with Crippen LogP contribution in [0.25, 0.3) is 0 Å². The largest absolute Gasteiger partial charge is 0.344 e. The Labute approximate surface area is 357 Å². The molecule has 10 heteroatoms. The summed E-state index contributed by atoms with van der Waals surface area (Å²) in [6, 6.07) is 4.07. The van der Waals surface area contributed by atoms with Gasteiger partial charge in [-0.05, 0) is 162 Å². The third-order valence-corrected chi connectivity index (χ3v) is 8.26. The number of hydrogen-bond acceptors (Lipinski definition) is 8. The van der Waals surface area contributed by atoms with Crippen LogP contribution in [0.4, 0.5) is 0 Å². The molecule has 0 N–H and O–H groups in total. The van der Waals surface area contributed by atoms with Crippen molar-refractivity contribution in [1.29, 1.82) is 0 Å². The van der Waals surface area contributed by atoms with Crippen molar-refractivity contribution in [2.45, 2.75) is 185 Å². The van der Waals surface area contributed by atoms with Crippen LogP contribution in [0.2, 0.25) is 0 Å². The number of rotatable bonds is 8. The zero-order valence-corrected chi connectivity index (χ0v) is 38.6. The summed E-state index contributed by atoms with van der Waals surface area (Å²) in [6.45, 7) is 47.4. The van der Waals surface area contributed by atoms with E-state index in [1.54, 1.807) is 0 Å². The second-order valence-electron chi connectivity index (χ2n) is 15.7. The maximum absolute atomic E-state index is 3.25. The molecule has 0 amide bonds. The molecule has 5 aliphatic rings. The van der Waals surface area contributed by atoms with Crippen molar-refractivity contribution in [2.75, 3.05) is 0 Å². The molecule has 1 fully saturated rings. The van der Waals surface area contributed by atoms with Gasteiger partial charge in [0.05, 0.1) is 0 Å². The summed E-state index contributed by atoms with van der Waals surface area (Å²) in [5.41, 5.74) is 0.